The van der Waals surface area contributed by atoms with Gasteiger partial charge in [0, 0.05) is 12.5 Å². The van der Waals surface area contributed by atoms with Crippen LogP contribution in [0.2, 0.25) is 15.1 Å². The highest BCUT2D eigenvalue weighted by atomic mass is 35.5. The molecule has 2 aromatic carbocycles. The van der Waals surface area contributed by atoms with Gasteiger partial charge in [0.05, 0.1) is 21.2 Å². The van der Waals surface area contributed by atoms with Gasteiger partial charge in [0.15, 0.2) is 0 Å². The molecule has 0 amide bonds. The molecule has 0 aliphatic carbocycles. The molecule has 2 aromatic rings. The maximum atomic E-state index is 6.14. The van der Waals surface area contributed by atoms with E-state index in [0.29, 0.717) is 46.2 Å². The summed E-state index contributed by atoms with van der Waals surface area (Å²) >= 11 is 18.1. The van der Waals surface area contributed by atoms with Crippen molar-refractivity contribution in [1.82, 2.24) is 0 Å². The van der Waals surface area contributed by atoms with Crippen molar-refractivity contribution in [3.63, 3.8) is 0 Å². The number of nitrogens with zero attached hydrogens (tertiary/aromatic N) is 1. The fraction of sp³-hybridized carbons (Fsp3) is 0.316. The normalized spacial score (nSPS) is 12.6. The van der Waals surface area contributed by atoms with Crippen LogP contribution in [0, 0.1) is 0 Å². The average molecular weight is 417 g/mol. The molecule has 0 fully saturated rings. The maximum Gasteiger partial charge on any atom is 0.226 e. The van der Waals surface area contributed by atoms with Gasteiger partial charge < -0.3 is 14.3 Å². The number of rotatable bonds is 8. The Labute approximate surface area is 168 Å². The number of halogens is 3. The molecule has 26 heavy (non-hydrogen) atoms. The molecule has 4 nitrogen and oxygen atoms in total. The summed E-state index contributed by atoms with van der Waals surface area (Å²) in [5.41, 5.74) is 1.06. The molecular formula is C19H20Cl3NO3. The van der Waals surface area contributed by atoms with Gasteiger partial charge in [-0.2, -0.15) is 0 Å². The number of oxime groups is 1. The van der Waals surface area contributed by atoms with Crippen LogP contribution in [0.15, 0.2) is 47.6 Å². The van der Waals surface area contributed by atoms with E-state index in [1.807, 2.05) is 37.3 Å². The van der Waals surface area contributed by atoms with Crippen LogP contribution in [-0.4, -0.2) is 19.1 Å². The van der Waals surface area contributed by atoms with E-state index in [1.54, 1.807) is 12.1 Å². The highest BCUT2D eigenvalue weighted by Gasteiger charge is 2.13. The Morgan fingerprint density at radius 1 is 1.04 bits per heavy atom. The Morgan fingerprint density at radius 2 is 1.73 bits per heavy atom. The number of hydrogen-bond acceptors (Lipinski definition) is 4. The van der Waals surface area contributed by atoms with Gasteiger partial charge in [0.1, 0.15) is 19.5 Å². The standard InChI is InChI=1S/C19H20Cl3NO3/c1-13(26-18-11-16(21)15(20)10-17(18)22)8-9-19(23-24-2)25-12-14-6-4-3-5-7-14/h3-7,10-11,13H,8-9,12H2,1-2H3. The van der Waals surface area contributed by atoms with Gasteiger partial charge in [0.25, 0.3) is 0 Å². The summed E-state index contributed by atoms with van der Waals surface area (Å²) < 4.78 is 11.6. The molecule has 0 saturated carbocycles. The third-order valence-corrected chi connectivity index (χ3v) is 4.53. The summed E-state index contributed by atoms with van der Waals surface area (Å²) in [5.74, 6) is 0.996. The topological polar surface area (TPSA) is 40.0 Å². The van der Waals surface area contributed by atoms with Crippen molar-refractivity contribution in [3.05, 3.63) is 63.1 Å². The minimum atomic E-state index is -0.132. The highest BCUT2D eigenvalue weighted by Crippen LogP contribution is 2.34. The lowest BCUT2D eigenvalue weighted by molar-refractivity contribution is 0.176. The fourth-order valence-electron chi connectivity index (χ4n) is 2.18. The Kier molecular flexibility index (Phi) is 8.36. The molecular weight excluding hydrogens is 397 g/mol. The largest absolute Gasteiger partial charge is 0.489 e. The third-order valence-electron chi connectivity index (χ3n) is 3.51. The van der Waals surface area contributed by atoms with E-state index in [-0.39, 0.29) is 6.10 Å². The van der Waals surface area contributed by atoms with Crippen molar-refractivity contribution in [3.8, 4) is 5.75 Å². The molecule has 2 rings (SSSR count). The predicted molar refractivity (Wildman–Crippen MR) is 106 cm³/mol. The van der Waals surface area contributed by atoms with E-state index in [9.17, 15) is 0 Å². The van der Waals surface area contributed by atoms with Crippen LogP contribution < -0.4 is 4.74 Å². The smallest absolute Gasteiger partial charge is 0.226 e. The third kappa shape index (κ3) is 6.60. The lowest BCUT2D eigenvalue weighted by Crippen LogP contribution is -2.15. The number of ether oxygens (including phenoxy) is 2. The summed E-state index contributed by atoms with van der Waals surface area (Å²) in [6.07, 6.45) is 1.08. The molecule has 0 heterocycles. The quantitative estimate of drug-likeness (QED) is 0.217. The van der Waals surface area contributed by atoms with Crippen LogP contribution in [0.5, 0.6) is 5.75 Å². The van der Waals surface area contributed by atoms with Crippen molar-refractivity contribution in [1.29, 1.82) is 0 Å². The second-order valence-corrected chi connectivity index (χ2v) is 6.83. The lowest BCUT2D eigenvalue weighted by Gasteiger charge is -2.17. The van der Waals surface area contributed by atoms with Crippen molar-refractivity contribution in [2.75, 3.05) is 7.11 Å². The number of hydrogen-bond donors (Lipinski definition) is 0. The van der Waals surface area contributed by atoms with Gasteiger partial charge in [-0.05, 0) is 25.0 Å². The summed E-state index contributed by atoms with van der Waals surface area (Å²) in [7, 11) is 1.49. The van der Waals surface area contributed by atoms with Crippen LogP contribution in [0.3, 0.4) is 0 Å². The van der Waals surface area contributed by atoms with Crippen molar-refractivity contribution in [2.24, 2.45) is 5.16 Å². The van der Waals surface area contributed by atoms with Crippen LogP contribution in [0.4, 0.5) is 0 Å². The molecule has 0 spiro atoms. The second-order valence-electron chi connectivity index (χ2n) is 5.61. The zero-order chi connectivity index (χ0) is 18.9. The highest BCUT2D eigenvalue weighted by molar-refractivity contribution is 6.43. The molecule has 1 atom stereocenters. The molecule has 140 valence electrons. The molecule has 0 aliphatic rings. The Bertz CT molecular complexity index is 738. The molecule has 0 N–H and O–H groups in total. The van der Waals surface area contributed by atoms with Crippen LogP contribution in [0.1, 0.15) is 25.3 Å². The molecule has 7 heteroatoms. The van der Waals surface area contributed by atoms with Gasteiger partial charge in [0.2, 0.25) is 5.90 Å². The molecule has 1 unspecified atom stereocenters. The van der Waals surface area contributed by atoms with Gasteiger partial charge >= 0.3 is 0 Å². The van der Waals surface area contributed by atoms with Crippen LogP contribution in [-0.2, 0) is 16.2 Å². The molecule has 0 saturated heterocycles. The maximum absolute atomic E-state index is 6.14. The zero-order valence-corrected chi connectivity index (χ0v) is 16.8. The van der Waals surface area contributed by atoms with E-state index in [2.05, 4.69) is 5.16 Å². The van der Waals surface area contributed by atoms with Gasteiger partial charge in [-0.1, -0.05) is 70.3 Å². The van der Waals surface area contributed by atoms with Crippen molar-refractivity contribution < 1.29 is 14.3 Å². The summed E-state index contributed by atoms with van der Waals surface area (Å²) in [5, 5.41) is 5.13. The summed E-state index contributed by atoms with van der Waals surface area (Å²) in [6, 6.07) is 13.0. The summed E-state index contributed by atoms with van der Waals surface area (Å²) in [6.45, 7) is 2.36. The van der Waals surface area contributed by atoms with E-state index < -0.39 is 0 Å². The SMILES string of the molecule is CON=C(CCC(C)Oc1cc(Cl)c(Cl)cc1Cl)OCc1ccccc1. The van der Waals surface area contributed by atoms with Gasteiger partial charge in [-0.25, -0.2) is 0 Å². The van der Waals surface area contributed by atoms with Gasteiger partial charge in [-0.3, -0.25) is 0 Å². The molecule has 0 aliphatic heterocycles. The first-order chi connectivity index (χ1) is 12.5. The average Bonchev–Trinajstić information content (AvgIpc) is 2.63. The van der Waals surface area contributed by atoms with Crippen molar-refractivity contribution >= 4 is 40.7 Å². The van der Waals surface area contributed by atoms with E-state index >= 15 is 0 Å². The Morgan fingerprint density at radius 3 is 2.42 bits per heavy atom. The van der Waals surface area contributed by atoms with Gasteiger partial charge in [-0.15, -0.1) is 0 Å². The first-order valence-corrected chi connectivity index (χ1v) is 9.21. The molecule has 0 bridgehead atoms. The first kappa shape index (κ1) is 20.7. The van der Waals surface area contributed by atoms with Crippen LogP contribution >= 0.6 is 34.8 Å². The Balaban J connectivity index is 1.88. The predicted octanol–water partition coefficient (Wildman–Crippen LogP) is 6.37. The van der Waals surface area contributed by atoms with E-state index in [0.717, 1.165) is 5.56 Å². The minimum Gasteiger partial charge on any atom is -0.489 e. The monoisotopic (exact) mass is 415 g/mol. The fourth-order valence-corrected chi connectivity index (χ4v) is 2.77. The van der Waals surface area contributed by atoms with E-state index in [4.69, 9.17) is 49.1 Å². The lowest BCUT2D eigenvalue weighted by atomic mass is 10.2. The van der Waals surface area contributed by atoms with Crippen LogP contribution in [0.25, 0.3) is 0 Å². The summed E-state index contributed by atoms with van der Waals surface area (Å²) in [4.78, 5) is 4.86. The van der Waals surface area contributed by atoms with E-state index in [1.165, 1.54) is 7.11 Å². The zero-order valence-electron chi connectivity index (χ0n) is 14.5. The second kappa shape index (κ2) is 10.5. The first-order valence-electron chi connectivity index (χ1n) is 8.07. The minimum absolute atomic E-state index is 0.132. The Hall–Kier alpha value is -1.62. The molecule has 0 aromatic heterocycles. The molecule has 0 radical (unpaired) electrons. The van der Waals surface area contributed by atoms with Crippen molar-refractivity contribution in [2.45, 2.75) is 32.5 Å². The number of benzene rings is 2.